The number of amides is 3. The van der Waals surface area contributed by atoms with E-state index < -0.39 is 6.04 Å². The molecule has 0 unspecified atom stereocenters. The van der Waals surface area contributed by atoms with Gasteiger partial charge < -0.3 is 9.64 Å². The van der Waals surface area contributed by atoms with Crippen LogP contribution in [-0.4, -0.2) is 63.8 Å². The lowest BCUT2D eigenvalue weighted by Crippen LogP contribution is -2.57. The summed E-state index contributed by atoms with van der Waals surface area (Å²) >= 11 is 0. The number of piperidine rings is 1. The van der Waals surface area contributed by atoms with Gasteiger partial charge in [-0.1, -0.05) is 6.42 Å². The number of benzene rings is 1. The van der Waals surface area contributed by atoms with Crippen molar-refractivity contribution in [1.29, 1.82) is 0 Å². The molecule has 3 aliphatic heterocycles. The van der Waals surface area contributed by atoms with Gasteiger partial charge in [0, 0.05) is 56.0 Å². The van der Waals surface area contributed by atoms with E-state index in [4.69, 9.17) is 4.74 Å². The van der Waals surface area contributed by atoms with Crippen molar-refractivity contribution >= 4 is 17.7 Å². The molecule has 1 aromatic carbocycles. The third kappa shape index (κ3) is 4.17. The van der Waals surface area contributed by atoms with Gasteiger partial charge in [-0.05, 0) is 73.6 Å². The van der Waals surface area contributed by atoms with Crippen LogP contribution < -0.4 is 10.1 Å². The minimum Gasteiger partial charge on any atom is -0.489 e. The number of likely N-dealkylation sites (tertiary alicyclic amines) is 1. The summed E-state index contributed by atoms with van der Waals surface area (Å²) < 4.78 is 6.56. The quantitative estimate of drug-likeness (QED) is 0.651. The number of hydrogen-bond acceptors (Lipinski definition) is 6. The van der Waals surface area contributed by atoms with Crippen molar-refractivity contribution in [1.82, 2.24) is 20.1 Å². The van der Waals surface area contributed by atoms with E-state index in [1.54, 1.807) is 4.90 Å². The summed E-state index contributed by atoms with van der Waals surface area (Å²) in [5, 5.41) is 2.36. The summed E-state index contributed by atoms with van der Waals surface area (Å²) in [6.07, 6.45) is 9.13. The van der Waals surface area contributed by atoms with E-state index in [0.717, 1.165) is 43.7 Å². The van der Waals surface area contributed by atoms with Gasteiger partial charge in [0.05, 0.1) is 0 Å². The number of aryl methyl sites for hydroxylation is 1. The highest BCUT2D eigenvalue weighted by Gasteiger charge is 2.41. The maximum atomic E-state index is 13.0. The number of aromatic nitrogens is 1. The molecule has 3 fully saturated rings. The molecular formula is C28H32N4O4. The number of carbonyl (C=O) groups excluding carboxylic acids is 3. The van der Waals surface area contributed by atoms with Crippen LogP contribution >= 0.6 is 0 Å². The second-order valence-corrected chi connectivity index (χ2v) is 10.6. The first-order valence-corrected chi connectivity index (χ1v) is 13.1. The molecule has 3 amide bonds. The van der Waals surface area contributed by atoms with Gasteiger partial charge in [-0.2, -0.15) is 0 Å². The van der Waals surface area contributed by atoms with E-state index in [0.29, 0.717) is 30.5 Å². The van der Waals surface area contributed by atoms with E-state index >= 15 is 0 Å². The number of ether oxygens (including phenoxy) is 1. The van der Waals surface area contributed by atoms with Crippen LogP contribution in [0.1, 0.15) is 71.5 Å². The van der Waals surface area contributed by atoms with E-state index in [9.17, 15) is 14.4 Å². The number of rotatable bonds is 5. The Morgan fingerprint density at radius 2 is 1.89 bits per heavy atom. The smallest absolute Gasteiger partial charge is 0.255 e. The minimum absolute atomic E-state index is 0.125. The average molecular weight is 489 g/mol. The maximum Gasteiger partial charge on any atom is 0.255 e. The number of nitrogens with zero attached hydrogens (tertiary/aromatic N) is 3. The molecule has 8 heteroatoms. The molecular weight excluding hydrogens is 456 g/mol. The third-order valence-corrected chi connectivity index (χ3v) is 8.33. The molecule has 4 heterocycles. The van der Waals surface area contributed by atoms with E-state index in [1.165, 1.54) is 17.5 Å². The van der Waals surface area contributed by atoms with Gasteiger partial charge in [0.2, 0.25) is 11.8 Å². The van der Waals surface area contributed by atoms with Crippen LogP contribution in [0.25, 0.3) is 0 Å². The summed E-state index contributed by atoms with van der Waals surface area (Å²) in [5.74, 6) is 0.524. The standard InChI is InChI=1S/C28H32N4O4/c1-17-13-29-11-10-21(17)19-14-31(15-19)23-4-2-3-5-25(23)36-20-6-7-22-18(12-20)16-32(28(22)35)24-8-9-26(33)30-27(24)34/h6-7,10-13,19,23-25H,2-5,8-9,14-16H2,1H3,(H,30,33,34)/t23-,24+,25+/m0/s1. The zero-order valence-corrected chi connectivity index (χ0v) is 20.6. The second-order valence-electron chi connectivity index (χ2n) is 10.6. The molecule has 1 N–H and O–H groups in total. The summed E-state index contributed by atoms with van der Waals surface area (Å²) in [7, 11) is 0. The molecule has 6 rings (SSSR count). The second kappa shape index (κ2) is 9.32. The van der Waals surface area contributed by atoms with E-state index in [-0.39, 0.29) is 30.2 Å². The highest BCUT2D eigenvalue weighted by atomic mass is 16.5. The topological polar surface area (TPSA) is 91.8 Å². The largest absolute Gasteiger partial charge is 0.489 e. The Bertz CT molecular complexity index is 1210. The molecule has 0 radical (unpaired) electrons. The highest BCUT2D eigenvalue weighted by Crippen LogP contribution is 2.37. The van der Waals surface area contributed by atoms with Gasteiger partial charge >= 0.3 is 0 Å². The van der Waals surface area contributed by atoms with Crippen molar-refractivity contribution in [3.63, 3.8) is 0 Å². The number of imide groups is 1. The maximum absolute atomic E-state index is 13.0. The average Bonchev–Trinajstić information content (AvgIpc) is 3.16. The molecule has 2 saturated heterocycles. The number of pyridine rings is 1. The van der Waals surface area contributed by atoms with Crippen LogP contribution in [0.2, 0.25) is 0 Å². The van der Waals surface area contributed by atoms with Crippen LogP contribution in [-0.2, 0) is 16.1 Å². The Labute approximate surface area is 211 Å². The van der Waals surface area contributed by atoms with Crippen LogP contribution in [0, 0.1) is 6.92 Å². The first-order chi connectivity index (χ1) is 17.5. The number of nitrogens with one attached hydrogen (secondary N) is 1. The lowest BCUT2D eigenvalue weighted by molar-refractivity contribution is -0.136. The highest BCUT2D eigenvalue weighted by molar-refractivity contribution is 6.05. The molecule has 188 valence electrons. The van der Waals surface area contributed by atoms with Crippen molar-refractivity contribution in [3.8, 4) is 5.75 Å². The van der Waals surface area contributed by atoms with Gasteiger partial charge in [0.25, 0.3) is 5.91 Å². The van der Waals surface area contributed by atoms with Gasteiger partial charge in [0.1, 0.15) is 17.9 Å². The van der Waals surface area contributed by atoms with E-state index in [1.807, 2.05) is 30.6 Å². The Morgan fingerprint density at radius 1 is 1.06 bits per heavy atom. The Morgan fingerprint density at radius 3 is 2.69 bits per heavy atom. The van der Waals surface area contributed by atoms with E-state index in [2.05, 4.69) is 28.2 Å². The molecule has 4 aliphatic rings. The fourth-order valence-corrected chi connectivity index (χ4v) is 6.35. The normalized spacial score (nSPS) is 27.0. The summed E-state index contributed by atoms with van der Waals surface area (Å²) in [6, 6.07) is 7.61. The Hall–Kier alpha value is -3.26. The predicted molar refractivity (Wildman–Crippen MR) is 132 cm³/mol. The van der Waals surface area contributed by atoms with Gasteiger partial charge in [-0.15, -0.1) is 0 Å². The molecule has 8 nitrogen and oxygen atoms in total. The fourth-order valence-electron chi connectivity index (χ4n) is 6.35. The Kier molecular flexibility index (Phi) is 5.99. The van der Waals surface area contributed by atoms with Gasteiger partial charge in [-0.25, -0.2) is 0 Å². The first-order valence-electron chi connectivity index (χ1n) is 13.1. The molecule has 36 heavy (non-hydrogen) atoms. The molecule has 3 atom stereocenters. The van der Waals surface area contributed by atoms with Crippen LogP contribution in [0.4, 0.5) is 0 Å². The lowest BCUT2D eigenvalue weighted by Gasteiger charge is -2.48. The van der Waals surface area contributed by atoms with Crippen molar-refractivity contribution in [3.05, 3.63) is 58.9 Å². The SMILES string of the molecule is Cc1cnccc1C1CN([C@H]2CCCC[C@H]2Oc2ccc3c(c2)CN([C@@H]2CCC(=O)NC2=O)C3=O)C1. The van der Waals surface area contributed by atoms with Crippen LogP contribution in [0.15, 0.2) is 36.7 Å². The van der Waals surface area contributed by atoms with Gasteiger partial charge in [-0.3, -0.25) is 29.6 Å². The molecule has 2 aromatic rings. The lowest BCUT2D eigenvalue weighted by atomic mass is 9.83. The van der Waals surface area contributed by atoms with Crippen molar-refractivity contribution in [2.75, 3.05) is 13.1 Å². The summed E-state index contributed by atoms with van der Waals surface area (Å²) in [4.78, 5) is 45.2. The molecule has 0 spiro atoms. The van der Waals surface area contributed by atoms with Crippen molar-refractivity contribution in [2.24, 2.45) is 0 Å². The number of hydrogen-bond donors (Lipinski definition) is 1. The molecule has 1 saturated carbocycles. The molecule has 1 aliphatic carbocycles. The number of carbonyl (C=O) groups is 3. The molecule has 1 aromatic heterocycles. The monoisotopic (exact) mass is 488 g/mol. The Balaban J connectivity index is 1.12. The summed E-state index contributed by atoms with van der Waals surface area (Å²) in [5.41, 5.74) is 4.16. The number of fused-ring (bicyclic) bond motifs is 1. The van der Waals surface area contributed by atoms with Crippen molar-refractivity contribution < 1.29 is 19.1 Å². The first kappa shape index (κ1) is 23.2. The summed E-state index contributed by atoms with van der Waals surface area (Å²) in [6.45, 7) is 4.60. The fraction of sp³-hybridized carbons (Fsp3) is 0.500. The van der Waals surface area contributed by atoms with Crippen LogP contribution in [0.3, 0.4) is 0 Å². The molecule has 0 bridgehead atoms. The zero-order chi connectivity index (χ0) is 24.8. The predicted octanol–water partition coefficient (Wildman–Crippen LogP) is 2.94. The minimum atomic E-state index is -0.599. The van der Waals surface area contributed by atoms with Gasteiger partial charge in [0.15, 0.2) is 0 Å². The third-order valence-electron chi connectivity index (χ3n) is 8.33. The van der Waals surface area contributed by atoms with Crippen LogP contribution in [0.5, 0.6) is 5.75 Å². The zero-order valence-electron chi connectivity index (χ0n) is 20.6. The van der Waals surface area contributed by atoms with Crippen molar-refractivity contribution in [2.45, 2.75) is 76.1 Å².